The second-order valence-electron chi connectivity index (χ2n) is 12.1. The highest BCUT2D eigenvalue weighted by Crippen LogP contribution is 2.28. The van der Waals surface area contributed by atoms with Crippen LogP contribution in [0.25, 0.3) is 0 Å². The maximum Gasteiger partial charge on any atom is 0.264 e. The summed E-state index contributed by atoms with van der Waals surface area (Å²) in [6.45, 7) is 3.35. The lowest BCUT2D eigenvalue weighted by molar-refractivity contribution is -0.140. The smallest absolute Gasteiger partial charge is 0.264 e. The second-order valence-corrected chi connectivity index (χ2v) is 14.8. The molecule has 1 aliphatic rings. The van der Waals surface area contributed by atoms with E-state index in [1.807, 2.05) is 56.3 Å². The number of sulfonamides is 1. The third-order valence-electron chi connectivity index (χ3n) is 8.67. The average Bonchev–Trinajstić information content (AvgIpc) is 3.56. The van der Waals surface area contributed by atoms with Crippen LogP contribution in [0.2, 0.25) is 10.0 Å². The molecule has 1 saturated carbocycles. The molecule has 4 aromatic carbocycles. The van der Waals surface area contributed by atoms with Crippen LogP contribution in [-0.2, 0) is 32.6 Å². The molecule has 7 nitrogen and oxygen atoms in total. The van der Waals surface area contributed by atoms with Crippen LogP contribution < -0.4 is 9.62 Å². The summed E-state index contributed by atoms with van der Waals surface area (Å²) in [5.41, 5.74) is 3.80. The lowest BCUT2D eigenvalue weighted by atomic mass is 10.0. The third-order valence-corrected chi connectivity index (χ3v) is 10.9. The molecule has 5 rings (SSSR count). The Kier molecular flexibility index (Phi) is 11.3. The molecule has 2 amide bonds. The van der Waals surface area contributed by atoms with Crippen LogP contribution in [0.15, 0.2) is 102 Å². The quantitative estimate of drug-likeness (QED) is 0.167. The van der Waals surface area contributed by atoms with Crippen molar-refractivity contribution in [3.05, 3.63) is 129 Å². The van der Waals surface area contributed by atoms with Crippen molar-refractivity contribution in [1.29, 1.82) is 0 Å². The van der Waals surface area contributed by atoms with Crippen LogP contribution in [0.5, 0.6) is 0 Å². The van der Waals surface area contributed by atoms with E-state index in [2.05, 4.69) is 5.32 Å². The van der Waals surface area contributed by atoms with Gasteiger partial charge < -0.3 is 10.2 Å². The molecule has 1 fully saturated rings. The van der Waals surface area contributed by atoms with Crippen molar-refractivity contribution >= 4 is 50.7 Å². The number of carbonyl (C=O) groups is 2. The number of nitrogens with zero attached hydrogens (tertiary/aromatic N) is 2. The molecule has 0 heterocycles. The molecule has 0 aliphatic heterocycles. The second kappa shape index (κ2) is 15.4. The van der Waals surface area contributed by atoms with Crippen LogP contribution in [0.4, 0.5) is 5.69 Å². The summed E-state index contributed by atoms with van der Waals surface area (Å²) in [6.07, 6.45) is 4.08. The highest BCUT2D eigenvalue weighted by Gasteiger charge is 2.35. The Morgan fingerprint density at radius 2 is 1.49 bits per heavy atom. The van der Waals surface area contributed by atoms with Gasteiger partial charge in [-0.1, -0.05) is 84.6 Å². The SMILES string of the molecule is Cc1ccc(N(CC(=O)N(Cc2cccc(Cl)c2)[C@@H](Cc2ccccc2)C(=O)NC2CCCC2)S(=O)(=O)c2ccc(Cl)cc2)cc1C. The van der Waals surface area contributed by atoms with Gasteiger partial charge in [0.1, 0.15) is 12.6 Å². The Balaban J connectivity index is 1.58. The fourth-order valence-electron chi connectivity index (χ4n) is 5.90. The Hall–Kier alpha value is -3.85. The van der Waals surface area contributed by atoms with E-state index in [-0.39, 0.29) is 29.8 Å². The number of aryl methyl sites for hydroxylation is 2. The normalized spacial score (nSPS) is 14.0. The molecule has 0 unspecified atom stereocenters. The zero-order valence-electron chi connectivity index (χ0n) is 26.5. The molecule has 0 spiro atoms. The van der Waals surface area contributed by atoms with E-state index < -0.39 is 28.5 Å². The topological polar surface area (TPSA) is 86.8 Å². The van der Waals surface area contributed by atoms with Crippen molar-refractivity contribution in [2.24, 2.45) is 0 Å². The fourth-order valence-corrected chi connectivity index (χ4v) is 7.64. The highest BCUT2D eigenvalue weighted by molar-refractivity contribution is 7.92. The Morgan fingerprint density at radius 1 is 0.809 bits per heavy atom. The average molecular weight is 693 g/mol. The first-order chi connectivity index (χ1) is 22.5. The summed E-state index contributed by atoms with van der Waals surface area (Å²) in [6, 6.07) is 26.9. The maximum atomic E-state index is 14.7. The standard InChI is InChI=1S/C37H39Cl2N3O4S/c1-26-15-18-33(21-27(26)2)42(47(45,46)34-19-16-30(38)17-20-34)25-36(43)41(24-29-11-8-12-31(39)22-29)35(23-28-9-4-3-5-10-28)37(44)40-32-13-6-7-14-32/h3-5,8-12,15-22,32,35H,6-7,13-14,23-25H2,1-2H3,(H,40,44)/t35-/m0/s1. The first-order valence-corrected chi connectivity index (χ1v) is 17.9. The molecule has 4 aromatic rings. The predicted molar refractivity (Wildman–Crippen MR) is 188 cm³/mol. The van der Waals surface area contributed by atoms with E-state index in [4.69, 9.17) is 23.2 Å². The van der Waals surface area contributed by atoms with Gasteiger partial charge >= 0.3 is 0 Å². The number of nitrogens with one attached hydrogen (secondary N) is 1. The van der Waals surface area contributed by atoms with E-state index in [1.165, 1.54) is 29.2 Å². The number of benzene rings is 4. The van der Waals surface area contributed by atoms with Gasteiger partial charge in [-0.15, -0.1) is 0 Å². The number of carbonyl (C=O) groups excluding carboxylic acids is 2. The minimum Gasteiger partial charge on any atom is -0.352 e. The van der Waals surface area contributed by atoms with Gasteiger partial charge in [0.2, 0.25) is 11.8 Å². The largest absolute Gasteiger partial charge is 0.352 e. The summed E-state index contributed by atoms with van der Waals surface area (Å²) in [7, 11) is -4.23. The zero-order chi connectivity index (χ0) is 33.6. The Labute approximate surface area is 287 Å². The van der Waals surface area contributed by atoms with Gasteiger partial charge in [-0.05, 0) is 97.5 Å². The van der Waals surface area contributed by atoms with E-state index in [9.17, 15) is 18.0 Å². The number of halogens is 2. The van der Waals surface area contributed by atoms with E-state index in [0.717, 1.165) is 52.2 Å². The maximum absolute atomic E-state index is 14.7. The molecule has 1 aliphatic carbocycles. The van der Waals surface area contributed by atoms with Crippen LogP contribution in [-0.4, -0.2) is 43.8 Å². The van der Waals surface area contributed by atoms with Crippen LogP contribution in [0.1, 0.15) is 47.9 Å². The summed E-state index contributed by atoms with van der Waals surface area (Å²) >= 11 is 12.4. The van der Waals surface area contributed by atoms with Crippen molar-refractivity contribution in [2.75, 3.05) is 10.8 Å². The van der Waals surface area contributed by atoms with Crippen LogP contribution in [0.3, 0.4) is 0 Å². The van der Waals surface area contributed by atoms with E-state index >= 15 is 0 Å². The minimum absolute atomic E-state index is 0.00543. The summed E-state index contributed by atoms with van der Waals surface area (Å²) in [5.74, 6) is -0.794. The van der Waals surface area contributed by atoms with Crippen LogP contribution in [0, 0.1) is 13.8 Å². The molecule has 246 valence electrons. The molecule has 10 heteroatoms. The van der Waals surface area contributed by atoms with Gasteiger partial charge in [-0.25, -0.2) is 8.42 Å². The number of anilines is 1. The molecule has 0 radical (unpaired) electrons. The Bertz CT molecular complexity index is 1810. The first kappa shape index (κ1) is 34.5. The lowest BCUT2D eigenvalue weighted by Crippen LogP contribution is -2.54. The molecule has 1 N–H and O–H groups in total. The molecule has 47 heavy (non-hydrogen) atoms. The highest BCUT2D eigenvalue weighted by atomic mass is 35.5. The monoisotopic (exact) mass is 691 g/mol. The van der Waals surface area contributed by atoms with E-state index in [1.54, 1.807) is 30.3 Å². The van der Waals surface area contributed by atoms with Gasteiger partial charge in [0.25, 0.3) is 10.0 Å². The summed E-state index contributed by atoms with van der Waals surface area (Å²) < 4.78 is 29.6. The third kappa shape index (κ3) is 8.74. The van der Waals surface area contributed by atoms with E-state index in [0.29, 0.717) is 15.7 Å². The van der Waals surface area contributed by atoms with Crippen molar-refractivity contribution in [1.82, 2.24) is 10.2 Å². The minimum atomic E-state index is -4.23. The van der Waals surface area contributed by atoms with Gasteiger partial charge in [-0.3, -0.25) is 13.9 Å². The Morgan fingerprint density at radius 3 is 2.15 bits per heavy atom. The first-order valence-electron chi connectivity index (χ1n) is 15.7. The molecule has 1 atom stereocenters. The molecular weight excluding hydrogens is 653 g/mol. The fraction of sp³-hybridized carbons (Fsp3) is 0.297. The lowest BCUT2D eigenvalue weighted by Gasteiger charge is -2.34. The van der Waals surface area contributed by atoms with Crippen molar-refractivity contribution in [3.8, 4) is 0 Å². The number of hydrogen-bond acceptors (Lipinski definition) is 4. The van der Waals surface area contributed by atoms with Gasteiger partial charge in [0, 0.05) is 29.1 Å². The van der Waals surface area contributed by atoms with Gasteiger partial charge in [0.05, 0.1) is 10.6 Å². The number of hydrogen-bond donors (Lipinski definition) is 1. The van der Waals surface area contributed by atoms with Gasteiger partial charge in [0.15, 0.2) is 0 Å². The predicted octanol–water partition coefficient (Wildman–Crippen LogP) is 7.50. The molecular formula is C37H39Cl2N3O4S. The summed E-state index contributed by atoms with van der Waals surface area (Å²) in [4.78, 5) is 30.3. The molecule has 0 bridgehead atoms. The summed E-state index contributed by atoms with van der Waals surface area (Å²) in [5, 5.41) is 4.07. The van der Waals surface area contributed by atoms with Crippen molar-refractivity contribution in [2.45, 2.75) is 69.5 Å². The zero-order valence-corrected chi connectivity index (χ0v) is 28.9. The molecule has 0 aromatic heterocycles. The number of amides is 2. The van der Waals surface area contributed by atoms with Crippen molar-refractivity contribution in [3.63, 3.8) is 0 Å². The number of rotatable bonds is 12. The van der Waals surface area contributed by atoms with Crippen LogP contribution >= 0.6 is 23.2 Å². The van der Waals surface area contributed by atoms with Crippen molar-refractivity contribution < 1.29 is 18.0 Å². The van der Waals surface area contributed by atoms with Gasteiger partial charge in [-0.2, -0.15) is 0 Å². The molecule has 0 saturated heterocycles.